The number of aromatic nitrogens is 2. The Hall–Kier alpha value is -2.22. The van der Waals surface area contributed by atoms with E-state index < -0.39 is 24.0 Å². The van der Waals surface area contributed by atoms with Gasteiger partial charge >= 0.3 is 11.9 Å². The summed E-state index contributed by atoms with van der Waals surface area (Å²) in [4.78, 5) is 40.1. The molecule has 0 amide bonds. The van der Waals surface area contributed by atoms with Crippen molar-refractivity contribution in [1.82, 2.24) is 15.3 Å². The fourth-order valence-electron chi connectivity index (χ4n) is 1.98. The van der Waals surface area contributed by atoms with Crippen LogP contribution < -0.4 is 5.32 Å². The number of hydrogen-bond acceptors (Lipinski definition) is 6. The molecule has 1 aromatic heterocycles. The summed E-state index contributed by atoms with van der Waals surface area (Å²) in [6.07, 6.45) is 2.25. The number of H-pyrrole nitrogens is 1. The molecule has 2 heterocycles. The van der Waals surface area contributed by atoms with Crippen LogP contribution in [0.3, 0.4) is 0 Å². The molecule has 1 fully saturated rings. The Bertz CT molecular complexity index is 539. The number of carboxylic acids is 1. The third-order valence-corrected chi connectivity index (χ3v) is 3.06. The van der Waals surface area contributed by atoms with E-state index in [0.717, 1.165) is 0 Å². The van der Waals surface area contributed by atoms with Crippen molar-refractivity contribution in [3.8, 4) is 0 Å². The van der Waals surface area contributed by atoms with E-state index in [1.165, 1.54) is 13.1 Å². The standard InChI is InChI=1S/C12H15N3O5/c1-6(16)10-13-4-7(14-10)5-20-12(19)9-3-2-8(15-9)11(17)18/h4,8-9,15H,2-3,5H2,1H3,(H,13,14)(H,17,18)/t8-,9-/m0/s1. The lowest BCUT2D eigenvalue weighted by atomic mass is 10.2. The number of hydrogen-bond donors (Lipinski definition) is 3. The highest BCUT2D eigenvalue weighted by Crippen LogP contribution is 2.14. The molecule has 0 aromatic carbocycles. The van der Waals surface area contributed by atoms with Gasteiger partial charge in [0.2, 0.25) is 0 Å². The number of ketones is 1. The minimum atomic E-state index is -0.972. The number of carbonyl (C=O) groups is 3. The van der Waals surface area contributed by atoms with Crippen molar-refractivity contribution < 1.29 is 24.2 Å². The van der Waals surface area contributed by atoms with Crippen molar-refractivity contribution in [2.24, 2.45) is 0 Å². The van der Waals surface area contributed by atoms with Crippen molar-refractivity contribution in [3.63, 3.8) is 0 Å². The molecule has 0 saturated carbocycles. The number of esters is 1. The van der Waals surface area contributed by atoms with Gasteiger partial charge in [0.1, 0.15) is 18.7 Å². The molecule has 2 atom stereocenters. The van der Waals surface area contributed by atoms with Gasteiger partial charge in [0.05, 0.1) is 11.9 Å². The molecule has 8 nitrogen and oxygen atoms in total. The number of rotatable bonds is 5. The van der Waals surface area contributed by atoms with Crippen molar-refractivity contribution >= 4 is 17.7 Å². The third-order valence-electron chi connectivity index (χ3n) is 3.06. The average Bonchev–Trinajstić information content (AvgIpc) is 3.05. The Kier molecular flexibility index (Phi) is 4.14. The van der Waals surface area contributed by atoms with Crippen molar-refractivity contribution in [3.05, 3.63) is 17.7 Å². The fraction of sp³-hybridized carbons (Fsp3) is 0.500. The van der Waals surface area contributed by atoms with Gasteiger partial charge in [0.15, 0.2) is 11.6 Å². The molecule has 1 aliphatic heterocycles. The van der Waals surface area contributed by atoms with Gasteiger partial charge in [0.25, 0.3) is 0 Å². The third kappa shape index (κ3) is 3.21. The zero-order chi connectivity index (χ0) is 14.7. The van der Waals surface area contributed by atoms with Gasteiger partial charge in [0, 0.05) is 6.92 Å². The van der Waals surface area contributed by atoms with Gasteiger partial charge in [-0.25, -0.2) is 4.98 Å². The first-order valence-corrected chi connectivity index (χ1v) is 6.17. The quantitative estimate of drug-likeness (QED) is 0.507. The normalized spacial score (nSPS) is 21.6. The number of nitrogens with zero attached hydrogens (tertiary/aromatic N) is 1. The first-order chi connectivity index (χ1) is 9.47. The second-order valence-corrected chi connectivity index (χ2v) is 4.61. The number of carbonyl (C=O) groups excluding carboxylic acids is 2. The molecule has 0 unspecified atom stereocenters. The van der Waals surface area contributed by atoms with Crippen molar-refractivity contribution in [1.29, 1.82) is 0 Å². The van der Waals surface area contributed by atoms with E-state index in [2.05, 4.69) is 15.3 Å². The summed E-state index contributed by atoms with van der Waals surface area (Å²) in [6.45, 7) is 1.35. The number of carboxylic acid groups (broad SMARTS) is 1. The number of Topliss-reactive ketones (excluding diaryl/α,β-unsaturated/α-hetero) is 1. The largest absolute Gasteiger partial charge is 0.480 e. The molecule has 1 saturated heterocycles. The smallest absolute Gasteiger partial charge is 0.323 e. The Morgan fingerprint density at radius 1 is 1.40 bits per heavy atom. The van der Waals surface area contributed by atoms with Crippen LogP contribution in [0.1, 0.15) is 36.1 Å². The number of ether oxygens (including phenoxy) is 1. The van der Waals surface area contributed by atoms with E-state index in [1.54, 1.807) is 0 Å². The maximum atomic E-state index is 11.7. The van der Waals surface area contributed by atoms with Crippen LogP contribution in [0.25, 0.3) is 0 Å². The van der Waals surface area contributed by atoms with Crippen molar-refractivity contribution in [2.45, 2.75) is 38.5 Å². The topological polar surface area (TPSA) is 121 Å². The summed E-state index contributed by atoms with van der Waals surface area (Å²) < 4.78 is 5.06. The van der Waals surface area contributed by atoms with E-state index in [0.29, 0.717) is 18.5 Å². The zero-order valence-electron chi connectivity index (χ0n) is 10.9. The molecule has 8 heteroatoms. The monoisotopic (exact) mass is 281 g/mol. The Morgan fingerprint density at radius 3 is 2.65 bits per heavy atom. The van der Waals surface area contributed by atoms with E-state index in [-0.39, 0.29) is 18.2 Å². The van der Waals surface area contributed by atoms with Gasteiger partial charge in [-0.3, -0.25) is 19.7 Å². The van der Waals surface area contributed by atoms with Crippen LogP contribution in [0.4, 0.5) is 0 Å². The van der Waals surface area contributed by atoms with Gasteiger partial charge in [-0.15, -0.1) is 0 Å². The molecule has 0 bridgehead atoms. The van der Waals surface area contributed by atoms with Crippen LogP contribution in [0.2, 0.25) is 0 Å². The lowest BCUT2D eigenvalue weighted by Crippen LogP contribution is -2.40. The average molecular weight is 281 g/mol. The molecule has 0 spiro atoms. The minimum absolute atomic E-state index is 0.0327. The maximum Gasteiger partial charge on any atom is 0.323 e. The Balaban J connectivity index is 1.83. The number of aromatic amines is 1. The predicted molar refractivity (Wildman–Crippen MR) is 66.0 cm³/mol. The molecule has 2 rings (SSSR count). The van der Waals surface area contributed by atoms with E-state index >= 15 is 0 Å². The summed E-state index contributed by atoms with van der Waals surface area (Å²) in [5, 5.41) is 11.5. The molecule has 20 heavy (non-hydrogen) atoms. The highest BCUT2D eigenvalue weighted by Gasteiger charge is 2.33. The summed E-state index contributed by atoms with van der Waals surface area (Å²) in [6, 6.07) is -1.31. The Morgan fingerprint density at radius 2 is 2.10 bits per heavy atom. The van der Waals surface area contributed by atoms with Gasteiger partial charge < -0.3 is 14.8 Å². The molecule has 108 valence electrons. The van der Waals surface area contributed by atoms with Crippen LogP contribution in [-0.4, -0.2) is 44.9 Å². The number of aliphatic carboxylic acids is 1. The van der Waals surface area contributed by atoms with Crippen molar-refractivity contribution in [2.75, 3.05) is 0 Å². The SMILES string of the molecule is CC(=O)c1ncc(COC(=O)[C@@H]2CC[C@@H](C(=O)O)N2)[nH]1. The molecular formula is C12H15N3O5. The summed E-state index contributed by atoms with van der Waals surface area (Å²) >= 11 is 0. The summed E-state index contributed by atoms with van der Waals surface area (Å²) in [7, 11) is 0. The van der Waals surface area contributed by atoms with Crippen LogP contribution in [0.5, 0.6) is 0 Å². The maximum absolute atomic E-state index is 11.7. The van der Waals surface area contributed by atoms with Crippen LogP contribution >= 0.6 is 0 Å². The molecule has 1 aromatic rings. The van der Waals surface area contributed by atoms with Crippen LogP contribution in [0.15, 0.2) is 6.20 Å². The lowest BCUT2D eigenvalue weighted by molar-refractivity contribution is -0.147. The number of nitrogens with one attached hydrogen (secondary N) is 2. The molecule has 1 aliphatic rings. The highest BCUT2D eigenvalue weighted by atomic mass is 16.5. The second-order valence-electron chi connectivity index (χ2n) is 4.61. The molecule has 0 radical (unpaired) electrons. The molecular weight excluding hydrogens is 266 g/mol. The lowest BCUT2D eigenvalue weighted by Gasteiger charge is -2.10. The van der Waals surface area contributed by atoms with E-state index in [9.17, 15) is 14.4 Å². The first-order valence-electron chi connectivity index (χ1n) is 6.17. The van der Waals surface area contributed by atoms with Crippen LogP contribution in [0, 0.1) is 0 Å². The Labute approximate surface area is 114 Å². The van der Waals surface area contributed by atoms with E-state index in [4.69, 9.17) is 9.84 Å². The second kappa shape index (κ2) is 5.83. The molecule has 3 N–H and O–H groups in total. The minimum Gasteiger partial charge on any atom is -0.480 e. The summed E-state index contributed by atoms with van der Waals surface area (Å²) in [5.74, 6) is -1.47. The fourth-order valence-corrected chi connectivity index (χ4v) is 1.98. The summed E-state index contributed by atoms with van der Waals surface area (Å²) in [5.41, 5.74) is 0.510. The van der Waals surface area contributed by atoms with Crippen LogP contribution in [-0.2, 0) is 20.9 Å². The van der Waals surface area contributed by atoms with Gasteiger partial charge in [-0.05, 0) is 12.8 Å². The highest BCUT2D eigenvalue weighted by molar-refractivity contribution is 5.90. The number of imidazole rings is 1. The zero-order valence-corrected chi connectivity index (χ0v) is 10.9. The predicted octanol–water partition coefficient (Wildman–Crippen LogP) is -0.139. The van der Waals surface area contributed by atoms with Gasteiger partial charge in [-0.2, -0.15) is 0 Å². The van der Waals surface area contributed by atoms with E-state index in [1.807, 2.05) is 0 Å². The van der Waals surface area contributed by atoms with Gasteiger partial charge in [-0.1, -0.05) is 0 Å². The first kappa shape index (κ1) is 14.2. The molecule has 0 aliphatic carbocycles.